The Morgan fingerprint density at radius 3 is 1.21 bits per heavy atom. The maximum atomic E-state index is 14.0. The van der Waals surface area contributed by atoms with E-state index in [2.05, 4.69) is 281 Å². The van der Waals surface area contributed by atoms with Crippen molar-refractivity contribution in [2.75, 3.05) is 24.7 Å². The van der Waals surface area contributed by atoms with Gasteiger partial charge in [-0.25, -0.2) is 18.7 Å². The first-order valence-electron chi connectivity index (χ1n) is 49.1. The molecular formula is C122H106F2N24O. The lowest BCUT2D eigenvalue weighted by Gasteiger charge is -2.19. The maximum absolute atomic E-state index is 14.0. The maximum Gasteiger partial charge on any atom is 0.159 e. The predicted octanol–water partition coefficient (Wildman–Crippen LogP) is 27.8. The van der Waals surface area contributed by atoms with Crippen LogP contribution in [0, 0.1) is 30.9 Å². The Hall–Kier alpha value is -19.1. The molecule has 14 aromatic carbocycles. The highest BCUT2D eigenvalue weighted by atomic mass is 19.1. The van der Waals surface area contributed by atoms with E-state index in [1.54, 1.807) is 25.3 Å². The van der Waals surface area contributed by atoms with Crippen molar-refractivity contribution < 1.29 is 13.5 Å². The van der Waals surface area contributed by atoms with E-state index in [9.17, 15) is 8.78 Å². The van der Waals surface area contributed by atoms with Crippen molar-refractivity contribution in [1.82, 2.24) is 112 Å². The van der Waals surface area contributed by atoms with Crippen molar-refractivity contribution in [1.29, 1.82) is 0 Å². The lowest BCUT2D eigenvalue weighted by molar-refractivity contribution is 0.379. The highest BCUT2D eigenvalue weighted by Gasteiger charge is 2.23. The molecule has 26 aromatic rings. The molecule has 0 spiro atoms. The Labute approximate surface area is 856 Å². The first-order valence-corrected chi connectivity index (χ1v) is 49.1. The molecule has 27 heteroatoms. The van der Waals surface area contributed by atoms with Crippen LogP contribution in [0.25, 0.3) is 200 Å². The van der Waals surface area contributed by atoms with E-state index < -0.39 is 11.6 Å². The molecule has 0 amide bonds. The quantitative estimate of drug-likeness (QED) is 0.0297. The van der Waals surface area contributed by atoms with Crippen LogP contribution in [0.2, 0.25) is 0 Å². The average molecular weight is 1960 g/mol. The summed E-state index contributed by atoms with van der Waals surface area (Å²) in [7, 11) is 1.69. The molecule has 0 aliphatic heterocycles. The number of nitrogen functional groups attached to an aromatic ring is 1. The summed E-state index contributed by atoms with van der Waals surface area (Å²) >= 11 is 0. The number of ether oxygens (including phenoxy) is 1. The Morgan fingerprint density at radius 2 is 0.725 bits per heavy atom. The zero-order valence-corrected chi connectivity index (χ0v) is 82.6. The minimum atomic E-state index is -0.575. The van der Waals surface area contributed by atoms with Gasteiger partial charge in [-0.3, -0.25) is 40.6 Å². The summed E-state index contributed by atoms with van der Waals surface area (Å²) in [5.41, 5.74) is 41.5. The number of hydrogen-bond donors (Lipinski definition) is 14. The van der Waals surface area contributed by atoms with E-state index in [0.717, 1.165) is 239 Å². The second-order valence-corrected chi connectivity index (χ2v) is 37.5. The summed E-state index contributed by atoms with van der Waals surface area (Å²) in [6, 6.07) is 113. The van der Waals surface area contributed by atoms with Gasteiger partial charge in [-0.2, -0.15) is 30.6 Å². The van der Waals surface area contributed by atoms with Crippen molar-refractivity contribution in [3.63, 3.8) is 0 Å². The van der Waals surface area contributed by atoms with E-state index in [-0.39, 0.29) is 11.0 Å². The van der Waals surface area contributed by atoms with E-state index in [1.165, 1.54) is 51.6 Å². The number of nitrogens with one attached hydrogen (secondary N) is 13. The van der Waals surface area contributed by atoms with E-state index in [4.69, 9.17) is 20.4 Å². The fourth-order valence-corrected chi connectivity index (χ4v) is 18.3. The zero-order valence-electron chi connectivity index (χ0n) is 82.6. The molecule has 0 radical (unpaired) electrons. The zero-order chi connectivity index (χ0) is 102. The summed E-state index contributed by atoms with van der Waals surface area (Å²) in [6.45, 7) is 15.2. The van der Waals surface area contributed by atoms with Crippen LogP contribution in [0.3, 0.4) is 0 Å². The molecule has 26 rings (SSSR count). The molecule has 0 saturated carbocycles. The van der Waals surface area contributed by atoms with Gasteiger partial charge in [-0.15, -0.1) is 0 Å². The number of pyridine rings is 2. The number of fused-ring (bicyclic) bond motifs is 8. The summed E-state index contributed by atoms with van der Waals surface area (Å²) in [5.74, 6) is 1.24. The molecule has 0 aliphatic carbocycles. The van der Waals surface area contributed by atoms with E-state index >= 15 is 0 Å². The standard InChI is InChI=1S/C28H24N6.C26H28N6.C20H16N2O.C19H12F2N2.C18H16N4.C11H10N4/c1-18-21(15-29-14-19-7-3-2-4-8-19)16-30-17-23(18)20-11-12-24-22(13-20)27(34-33-24)28-31-25-9-5-6-10-26(25)32-28;1-16-18(13-28-15-26(2,3)4)12-27-14-20(16)17-9-10-21-19(11-17)24(32-31-21)25-29-22-7-5-6-8-23(22)30-25;1-23-17-9-5-8-15(12-17)16-10-11-19-18(13-16)20(22-21-19)14-6-3-2-4-7-14;20-15-7-4-8-16(21)18(15)13-9-10-17-14(11-13)19(23-22-17)12-5-2-1-3-6-12;1-2-5-13(6-3-1)12-20-14-8-9-16-15(11-14)18(22-21-16)17-7-4-10-19-17;12-7-3-4-9-8(6-7)11(15-14-9)10-2-1-5-13-10/h2-13,16-17,29H,14-15H2,1H3,(H,31,32)(H,33,34);5-12,14,28H,13,15H2,1-4H3,(H,29,30)(H,31,32);2-13H,1H3,(H,21,22);1-11H,(H,22,23);1-11,19-20H,12H2,(H,21,22);1-6,13H,12H2,(H,14,15). The number of aromatic nitrogens is 20. The van der Waals surface area contributed by atoms with Crippen molar-refractivity contribution in [3.05, 3.63) is 428 Å². The van der Waals surface area contributed by atoms with Crippen molar-refractivity contribution in [2.45, 2.75) is 60.8 Å². The average Bonchev–Trinajstić information content (AvgIpc) is 1.60. The molecule has 0 bridgehead atoms. The molecule has 0 unspecified atom stereocenters. The Kier molecular flexibility index (Phi) is 28.1. The smallest absolute Gasteiger partial charge is 0.159 e. The van der Waals surface area contributed by atoms with Gasteiger partial charge in [-0.1, -0.05) is 209 Å². The Bertz CT molecular complexity index is 9000. The summed E-state index contributed by atoms with van der Waals surface area (Å²) < 4.78 is 33.4. The van der Waals surface area contributed by atoms with Crippen molar-refractivity contribution >= 4 is 98.9 Å². The number of aromatic amines is 10. The van der Waals surface area contributed by atoms with Gasteiger partial charge in [0.25, 0.3) is 0 Å². The number of hydrogen-bond acceptors (Lipinski definition) is 15. The third kappa shape index (κ3) is 21.7. The molecule has 0 atom stereocenters. The summed E-state index contributed by atoms with van der Waals surface area (Å²) in [5, 5.41) is 61.8. The van der Waals surface area contributed by atoms with Crippen LogP contribution in [-0.2, 0) is 26.2 Å². The van der Waals surface area contributed by atoms with Crippen molar-refractivity contribution in [2.24, 2.45) is 5.41 Å². The minimum absolute atomic E-state index is 0.0189. The number of benzene rings is 14. The molecule has 25 nitrogen and oxygen atoms in total. The fraction of sp³-hybridized carbons (Fsp3) is 0.0984. The van der Waals surface area contributed by atoms with Crippen LogP contribution in [0.1, 0.15) is 54.2 Å². The predicted molar refractivity (Wildman–Crippen MR) is 597 cm³/mol. The first-order chi connectivity index (χ1) is 73.0. The molecule has 0 saturated heterocycles. The molecular weight excluding hydrogens is 1860 g/mol. The van der Waals surface area contributed by atoms with Gasteiger partial charge in [0.05, 0.1) is 90.6 Å². The topological polar surface area (TPSA) is 358 Å². The highest BCUT2D eigenvalue weighted by molar-refractivity contribution is 6.01. The van der Waals surface area contributed by atoms with Gasteiger partial charge in [0, 0.05) is 136 Å². The number of anilines is 2. The lowest BCUT2D eigenvalue weighted by atomic mass is 9.96. The van der Waals surface area contributed by atoms with Crippen LogP contribution in [0.4, 0.5) is 20.2 Å². The molecule has 734 valence electrons. The molecule has 12 heterocycles. The van der Waals surface area contributed by atoms with Crippen LogP contribution in [0.5, 0.6) is 5.75 Å². The number of methoxy groups -OCH3 is 1. The largest absolute Gasteiger partial charge is 0.497 e. The monoisotopic (exact) mass is 1960 g/mol. The SMILES string of the molecule is COc1cccc(-c2ccc3[nH]nc(-c4ccccc4)c3c2)c1.Cc1c(CNCC(C)(C)C)cncc1-c1ccc2[nH]nc(-c3nc4ccccc4[nH]3)c2c1.Cc1c(CNCc2ccccc2)cncc1-c1ccc2[nH]nc(-c3nc4ccccc4[nH]3)c2c1.Fc1cccc(F)c1-c1ccc2[nH]nc(-c3ccccc3)c2c1.Nc1ccc2[nH]nc(-c3ccc[nH]3)c2c1.c1ccc(CNc2ccc3[nH]nc(-c4ccc[nH]4)c3c2)cc1. The van der Waals surface area contributed by atoms with Crippen LogP contribution in [0.15, 0.2) is 383 Å². The summed E-state index contributed by atoms with van der Waals surface area (Å²) in [6.07, 6.45) is 11.6. The van der Waals surface area contributed by atoms with E-state index in [1.807, 2.05) is 207 Å². The number of nitrogens with two attached hydrogens (primary N) is 1. The number of para-hydroxylation sites is 4. The number of rotatable bonds is 21. The third-order valence-electron chi connectivity index (χ3n) is 26.1. The van der Waals surface area contributed by atoms with Gasteiger partial charge >= 0.3 is 0 Å². The van der Waals surface area contributed by atoms with Gasteiger partial charge in [-0.05, 0) is 238 Å². The van der Waals surface area contributed by atoms with Crippen LogP contribution < -0.4 is 26.4 Å². The number of halogens is 2. The van der Waals surface area contributed by atoms with Gasteiger partial charge < -0.3 is 46.4 Å². The first kappa shape index (κ1) is 96.0. The number of H-pyrrole nitrogens is 10. The van der Waals surface area contributed by atoms with Crippen LogP contribution in [-0.4, -0.2) is 115 Å². The Morgan fingerprint density at radius 1 is 0.329 bits per heavy atom. The second kappa shape index (κ2) is 43.6. The number of imidazole rings is 2. The van der Waals surface area contributed by atoms with E-state index in [0.29, 0.717) is 5.56 Å². The third-order valence-corrected chi connectivity index (χ3v) is 26.1. The van der Waals surface area contributed by atoms with Crippen molar-refractivity contribution in [3.8, 4) is 119 Å². The molecule has 12 aromatic heterocycles. The molecule has 0 aliphatic rings. The lowest BCUT2D eigenvalue weighted by Crippen LogP contribution is -2.26. The van der Waals surface area contributed by atoms with Gasteiger partial charge in [0.15, 0.2) is 11.6 Å². The van der Waals surface area contributed by atoms with Crippen LogP contribution >= 0.6 is 0 Å². The van der Waals surface area contributed by atoms with Gasteiger partial charge in [0.2, 0.25) is 0 Å². The molecule has 15 N–H and O–H groups in total. The second-order valence-electron chi connectivity index (χ2n) is 37.5. The Balaban J connectivity index is 0.000000106. The molecule has 149 heavy (non-hydrogen) atoms. The normalized spacial score (nSPS) is 11.3. The summed E-state index contributed by atoms with van der Waals surface area (Å²) in [4.78, 5) is 31.7. The van der Waals surface area contributed by atoms with Gasteiger partial charge in [0.1, 0.15) is 40.2 Å². The number of nitrogens with zero attached hydrogens (tertiary/aromatic N) is 10. The highest BCUT2D eigenvalue weighted by Crippen LogP contribution is 2.40. The molecule has 0 fully saturated rings. The fourth-order valence-electron chi connectivity index (χ4n) is 18.3. The minimum Gasteiger partial charge on any atom is -0.497 e.